The first kappa shape index (κ1) is 19.9. The molecule has 0 spiro atoms. The minimum atomic E-state index is -4.21. The van der Waals surface area contributed by atoms with Gasteiger partial charge in [0.05, 0.1) is 15.5 Å². The molecule has 0 aliphatic heterocycles. The second kappa shape index (κ2) is 7.42. The van der Waals surface area contributed by atoms with E-state index in [0.29, 0.717) is 4.47 Å². The summed E-state index contributed by atoms with van der Waals surface area (Å²) in [7, 11) is -4.21. The molecule has 0 fully saturated rings. The number of benzene rings is 2. The molecule has 10 heteroatoms. The van der Waals surface area contributed by atoms with Crippen LogP contribution in [0, 0.1) is 17.0 Å². The van der Waals surface area contributed by atoms with Gasteiger partial charge in [0, 0.05) is 16.6 Å². The fourth-order valence-electron chi connectivity index (χ4n) is 2.37. The third kappa shape index (κ3) is 3.86. The van der Waals surface area contributed by atoms with Gasteiger partial charge in [-0.15, -0.1) is 0 Å². The number of carboxylic acids is 1. The van der Waals surface area contributed by atoms with Crippen LogP contribution < -0.4 is 4.31 Å². The van der Waals surface area contributed by atoms with Crippen molar-refractivity contribution < 1.29 is 23.2 Å². The molecule has 0 radical (unpaired) electrons. The van der Waals surface area contributed by atoms with Crippen molar-refractivity contribution in [2.75, 3.05) is 4.31 Å². The van der Waals surface area contributed by atoms with Gasteiger partial charge in [-0.05, 0) is 49.7 Å². The van der Waals surface area contributed by atoms with E-state index in [4.69, 9.17) is 0 Å². The zero-order valence-electron chi connectivity index (χ0n) is 13.8. The monoisotopic (exact) mass is 442 g/mol. The molecule has 0 aliphatic carbocycles. The summed E-state index contributed by atoms with van der Waals surface area (Å²) in [6, 6.07) is 7.92. The van der Waals surface area contributed by atoms with E-state index < -0.39 is 27.0 Å². The summed E-state index contributed by atoms with van der Waals surface area (Å²) in [6.45, 7) is 2.72. The molecule has 2 aromatic carbocycles. The van der Waals surface area contributed by atoms with Gasteiger partial charge in [-0.1, -0.05) is 15.9 Å². The molecule has 2 aromatic rings. The van der Waals surface area contributed by atoms with Gasteiger partial charge in [-0.25, -0.2) is 13.2 Å². The zero-order chi connectivity index (χ0) is 19.6. The largest absolute Gasteiger partial charge is 0.480 e. The molecule has 0 aromatic heterocycles. The lowest BCUT2D eigenvalue weighted by molar-refractivity contribution is -0.384. The lowest BCUT2D eigenvalue weighted by Crippen LogP contribution is -2.43. The first-order chi connectivity index (χ1) is 12.1. The topological polar surface area (TPSA) is 118 Å². The fraction of sp³-hybridized carbons (Fsp3) is 0.188. The molecule has 0 heterocycles. The van der Waals surface area contributed by atoms with Crippen LogP contribution in [0.2, 0.25) is 0 Å². The molecular weight excluding hydrogens is 428 g/mol. The zero-order valence-corrected chi connectivity index (χ0v) is 16.2. The highest BCUT2D eigenvalue weighted by atomic mass is 79.9. The van der Waals surface area contributed by atoms with E-state index >= 15 is 0 Å². The van der Waals surface area contributed by atoms with E-state index in [-0.39, 0.29) is 21.8 Å². The van der Waals surface area contributed by atoms with E-state index in [2.05, 4.69) is 15.9 Å². The summed E-state index contributed by atoms with van der Waals surface area (Å²) in [6.07, 6.45) is 0. The smallest absolute Gasteiger partial charge is 0.327 e. The van der Waals surface area contributed by atoms with Crippen LogP contribution in [-0.4, -0.2) is 30.5 Å². The van der Waals surface area contributed by atoms with Crippen molar-refractivity contribution in [3.63, 3.8) is 0 Å². The van der Waals surface area contributed by atoms with E-state index in [1.807, 2.05) is 0 Å². The molecule has 0 amide bonds. The van der Waals surface area contributed by atoms with Gasteiger partial charge < -0.3 is 5.11 Å². The number of halogens is 1. The number of anilines is 1. The van der Waals surface area contributed by atoms with Crippen LogP contribution in [0.1, 0.15) is 12.5 Å². The summed E-state index contributed by atoms with van der Waals surface area (Å²) >= 11 is 3.21. The second-order valence-corrected chi connectivity index (χ2v) is 8.23. The number of hydrogen-bond donors (Lipinski definition) is 1. The number of aryl methyl sites for hydroxylation is 1. The Morgan fingerprint density at radius 3 is 2.27 bits per heavy atom. The maximum atomic E-state index is 13.1. The summed E-state index contributed by atoms with van der Waals surface area (Å²) in [5.74, 6) is -1.34. The number of carboxylic acid groups (broad SMARTS) is 1. The molecule has 1 atom stereocenters. The standard InChI is InChI=1S/C16H15BrN2O6S/c1-10-9-13(19(22)23)5-8-15(10)18(11(2)16(20)21)26(24,25)14-6-3-12(17)4-7-14/h3-9,11H,1-2H3,(H,20,21). The molecule has 1 N–H and O–H groups in total. The van der Waals surface area contributed by atoms with Crippen LogP contribution in [0.15, 0.2) is 51.8 Å². The highest BCUT2D eigenvalue weighted by Gasteiger charge is 2.34. The maximum absolute atomic E-state index is 13.1. The Balaban J connectivity index is 2.66. The predicted molar refractivity (Wildman–Crippen MR) is 98.7 cm³/mol. The van der Waals surface area contributed by atoms with Gasteiger partial charge in [0.2, 0.25) is 0 Å². The summed E-state index contributed by atoms with van der Waals surface area (Å²) < 4.78 is 27.6. The Kier molecular flexibility index (Phi) is 5.67. The Morgan fingerprint density at radius 1 is 1.23 bits per heavy atom. The van der Waals surface area contributed by atoms with Crippen molar-refractivity contribution in [1.82, 2.24) is 0 Å². The number of carbonyl (C=O) groups is 1. The number of hydrogen-bond acceptors (Lipinski definition) is 5. The molecule has 0 bridgehead atoms. The Bertz CT molecular complexity index is 959. The maximum Gasteiger partial charge on any atom is 0.327 e. The third-order valence-corrected chi connectivity index (χ3v) is 6.14. The van der Waals surface area contributed by atoms with E-state index in [0.717, 1.165) is 10.4 Å². The Hall–Kier alpha value is -2.46. The normalized spacial score (nSPS) is 12.4. The van der Waals surface area contributed by atoms with Crippen LogP contribution in [0.3, 0.4) is 0 Å². The predicted octanol–water partition coefficient (Wildman–Crippen LogP) is 3.33. The molecule has 1 unspecified atom stereocenters. The molecule has 0 aliphatic rings. The van der Waals surface area contributed by atoms with E-state index in [1.165, 1.54) is 50.2 Å². The fourth-order valence-corrected chi connectivity index (χ4v) is 4.31. The molecule has 0 saturated carbocycles. The molecule has 26 heavy (non-hydrogen) atoms. The lowest BCUT2D eigenvalue weighted by atomic mass is 10.1. The Morgan fingerprint density at radius 2 is 1.81 bits per heavy atom. The van der Waals surface area contributed by atoms with Gasteiger partial charge in [0.25, 0.3) is 15.7 Å². The third-order valence-electron chi connectivity index (χ3n) is 3.71. The Labute approximate surface area is 158 Å². The van der Waals surface area contributed by atoms with Crippen molar-refractivity contribution in [2.45, 2.75) is 24.8 Å². The number of nitrogens with zero attached hydrogens (tertiary/aromatic N) is 2. The van der Waals surface area contributed by atoms with E-state index in [9.17, 15) is 28.4 Å². The van der Waals surface area contributed by atoms with Crippen molar-refractivity contribution in [3.05, 3.63) is 62.6 Å². The molecule has 138 valence electrons. The van der Waals surface area contributed by atoms with Crippen LogP contribution in [0.4, 0.5) is 11.4 Å². The number of non-ortho nitro benzene ring substituents is 1. The first-order valence-electron chi connectivity index (χ1n) is 7.33. The number of sulfonamides is 1. The van der Waals surface area contributed by atoms with Crippen molar-refractivity contribution in [1.29, 1.82) is 0 Å². The molecule has 0 saturated heterocycles. The SMILES string of the molecule is Cc1cc([N+](=O)[O-])ccc1N(C(C)C(=O)O)S(=O)(=O)c1ccc(Br)cc1. The highest BCUT2D eigenvalue weighted by Crippen LogP contribution is 2.31. The molecular formula is C16H15BrN2O6S. The summed E-state index contributed by atoms with van der Waals surface area (Å²) in [5, 5.41) is 20.3. The molecule has 8 nitrogen and oxygen atoms in total. The van der Waals surface area contributed by atoms with Gasteiger partial charge in [-0.2, -0.15) is 0 Å². The van der Waals surface area contributed by atoms with Crippen LogP contribution >= 0.6 is 15.9 Å². The van der Waals surface area contributed by atoms with Crippen LogP contribution in [0.5, 0.6) is 0 Å². The second-order valence-electron chi connectivity index (χ2n) is 5.50. The van der Waals surface area contributed by atoms with Gasteiger partial charge in [0.15, 0.2) is 0 Å². The van der Waals surface area contributed by atoms with Crippen molar-refractivity contribution in [3.8, 4) is 0 Å². The minimum absolute atomic E-state index is 0.0634. The minimum Gasteiger partial charge on any atom is -0.480 e. The first-order valence-corrected chi connectivity index (χ1v) is 9.57. The highest BCUT2D eigenvalue weighted by molar-refractivity contribution is 9.10. The van der Waals surface area contributed by atoms with E-state index in [1.54, 1.807) is 0 Å². The van der Waals surface area contributed by atoms with Crippen molar-refractivity contribution >= 4 is 43.3 Å². The van der Waals surface area contributed by atoms with Gasteiger partial charge >= 0.3 is 5.97 Å². The summed E-state index contributed by atoms with van der Waals surface area (Å²) in [4.78, 5) is 21.7. The lowest BCUT2D eigenvalue weighted by Gasteiger charge is -2.29. The van der Waals surface area contributed by atoms with Crippen molar-refractivity contribution in [2.24, 2.45) is 0 Å². The van der Waals surface area contributed by atoms with Gasteiger partial charge in [-0.3, -0.25) is 14.4 Å². The average Bonchev–Trinajstić information content (AvgIpc) is 2.56. The number of rotatable bonds is 6. The van der Waals surface area contributed by atoms with Crippen LogP contribution in [0.25, 0.3) is 0 Å². The summed E-state index contributed by atoms with van der Waals surface area (Å²) in [5.41, 5.74) is 0.122. The van der Waals surface area contributed by atoms with Crippen LogP contribution in [-0.2, 0) is 14.8 Å². The number of aliphatic carboxylic acids is 1. The quantitative estimate of drug-likeness (QED) is 0.541. The van der Waals surface area contributed by atoms with Gasteiger partial charge in [0.1, 0.15) is 6.04 Å². The molecule has 2 rings (SSSR count). The number of nitro benzene ring substituents is 1. The number of nitro groups is 1. The average molecular weight is 443 g/mol.